The molecular weight excluding hydrogens is 747 g/mol. The molecule has 0 atom stereocenters. The first-order valence-electron chi connectivity index (χ1n) is 25.6. The van der Waals surface area contributed by atoms with E-state index in [1.165, 1.54) is 33.4 Å². The van der Waals surface area contributed by atoms with E-state index in [2.05, 4.69) is 140 Å². The van der Waals surface area contributed by atoms with E-state index < -0.39 is 41.7 Å². The highest BCUT2D eigenvalue weighted by Gasteiger charge is 2.46. The SMILES string of the molecule is [2H]c1c([2H])c([2H])c(-c2ccc(N(c3ccc(-c4ccc(-c5ccc6c(c5)C(c5ccccc5)(c5ccccc5)c5ccccc5-6)cc4)cc3)c3ccc(-c4c([2H])c([2H])c([2H])c([2H])c4[2H])cc3)cc2)c([2H])c1[2H]. The van der Waals surface area contributed by atoms with E-state index in [4.69, 9.17) is 13.7 Å². The van der Waals surface area contributed by atoms with Gasteiger partial charge in [0.1, 0.15) is 0 Å². The van der Waals surface area contributed by atoms with Crippen LogP contribution in [-0.4, -0.2) is 0 Å². The molecule has 0 unspecified atom stereocenters. The van der Waals surface area contributed by atoms with Gasteiger partial charge in [-0.1, -0.05) is 218 Å². The summed E-state index contributed by atoms with van der Waals surface area (Å²) >= 11 is 0. The third-order valence-corrected chi connectivity index (χ3v) is 12.0. The maximum atomic E-state index is 8.57. The van der Waals surface area contributed by atoms with E-state index in [9.17, 15) is 0 Å². The molecule has 0 spiro atoms. The van der Waals surface area contributed by atoms with Gasteiger partial charge in [-0.15, -0.1) is 0 Å². The van der Waals surface area contributed by atoms with Crippen molar-refractivity contribution in [3.8, 4) is 55.6 Å². The predicted octanol–water partition coefficient (Wildman–Crippen LogP) is 16.2. The van der Waals surface area contributed by atoms with Gasteiger partial charge >= 0.3 is 0 Å². The fourth-order valence-corrected chi connectivity index (χ4v) is 9.07. The van der Waals surface area contributed by atoms with Crippen molar-refractivity contribution in [2.75, 3.05) is 4.90 Å². The largest absolute Gasteiger partial charge is 0.311 e. The third kappa shape index (κ3) is 6.52. The van der Waals surface area contributed by atoms with Crippen LogP contribution in [0.2, 0.25) is 0 Å². The second-order valence-corrected chi connectivity index (χ2v) is 15.3. The highest BCUT2D eigenvalue weighted by molar-refractivity contribution is 5.89. The molecule has 0 N–H and O–H groups in total. The molecule has 0 bridgehead atoms. The molecular formula is C61H43N. The van der Waals surface area contributed by atoms with Crippen LogP contribution >= 0.6 is 0 Å². The average Bonchev–Trinajstić information content (AvgIpc) is 3.73. The van der Waals surface area contributed by atoms with Crippen molar-refractivity contribution in [3.05, 3.63) is 283 Å². The Morgan fingerprint density at radius 1 is 0.290 bits per heavy atom. The van der Waals surface area contributed by atoms with Crippen LogP contribution in [0.3, 0.4) is 0 Å². The minimum absolute atomic E-state index is 0.103. The second-order valence-electron chi connectivity index (χ2n) is 15.3. The van der Waals surface area contributed by atoms with Crippen molar-refractivity contribution in [1.82, 2.24) is 0 Å². The van der Waals surface area contributed by atoms with Crippen molar-refractivity contribution in [1.29, 1.82) is 0 Å². The summed E-state index contributed by atoms with van der Waals surface area (Å²) in [4.78, 5) is 2.00. The summed E-state index contributed by atoms with van der Waals surface area (Å²) in [7, 11) is 0. The molecule has 0 aromatic heterocycles. The first-order chi connectivity index (χ1) is 34.9. The molecule has 0 radical (unpaired) electrons. The number of fused-ring (bicyclic) bond motifs is 3. The van der Waals surface area contributed by atoms with Crippen LogP contribution in [0.5, 0.6) is 0 Å². The lowest BCUT2D eigenvalue weighted by atomic mass is 9.67. The minimum atomic E-state index is -0.501. The molecule has 1 aliphatic rings. The zero-order valence-corrected chi connectivity index (χ0v) is 33.5. The van der Waals surface area contributed by atoms with Gasteiger partial charge in [0.15, 0.2) is 0 Å². The standard InChI is InChI=1S/C61H43N/c1-5-15-44(16-6-1)47-29-36-54(37-30-47)62(55-38-31-48(32-39-55)45-17-7-2-8-18-45)56-40-33-49(34-41-56)46-25-27-50(28-26-46)51-35-42-58-57-23-13-14-24-59(57)61(60(58)43-51,52-19-9-3-10-20-52)53-21-11-4-12-22-53/h1-43H/i1D,2D,5D,6D,7D,8D,15D,16D,17D,18D. The highest BCUT2D eigenvalue weighted by atomic mass is 15.1. The molecule has 0 amide bonds. The Hall–Kier alpha value is -8.00. The first-order valence-corrected chi connectivity index (χ1v) is 20.6. The van der Waals surface area contributed by atoms with E-state index >= 15 is 0 Å². The first kappa shape index (κ1) is 27.7. The smallest absolute Gasteiger partial charge is 0.0713 e. The molecule has 1 aliphatic carbocycles. The van der Waals surface area contributed by atoms with Crippen LogP contribution in [0.15, 0.2) is 261 Å². The van der Waals surface area contributed by atoms with E-state index in [-0.39, 0.29) is 35.3 Å². The topological polar surface area (TPSA) is 3.24 Å². The molecule has 62 heavy (non-hydrogen) atoms. The molecule has 1 heteroatoms. The van der Waals surface area contributed by atoms with Gasteiger partial charge in [-0.2, -0.15) is 0 Å². The lowest BCUT2D eigenvalue weighted by Crippen LogP contribution is -2.28. The minimum Gasteiger partial charge on any atom is -0.311 e. The van der Waals surface area contributed by atoms with Crippen LogP contribution in [0, 0.1) is 0 Å². The Bertz CT molecular complexity index is 3500. The normalized spacial score (nSPS) is 14.6. The van der Waals surface area contributed by atoms with Crippen molar-refractivity contribution in [3.63, 3.8) is 0 Å². The number of rotatable bonds is 9. The monoisotopic (exact) mass is 799 g/mol. The summed E-state index contributed by atoms with van der Waals surface area (Å²) in [6.45, 7) is 0. The number of benzene rings is 10. The molecule has 0 saturated heterocycles. The summed E-state index contributed by atoms with van der Waals surface area (Å²) in [6.07, 6.45) is 0. The maximum absolute atomic E-state index is 8.57. The number of anilines is 3. The Labute approximate surface area is 378 Å². The molecule has 1 nitrogen and oxygen atoms in total. The maximum Gasteiger partial charge on any atom is 0.0713 e. The quantitative estimate of drug-likeness (QED) is 0.141. The van der Waals surface area contributed by atoms with Crippen molar-refractivity contribution in [2.45, 2.75) is 5.41 Å². The van der Waals surface area contributed by atoms with Gasteiger partial charge in [0.25, 0.3) is 0 Å². The summed E-state index contributed by atoms with van der Waals surface area (Å²) in [5.74, 6) is 0. The number of hydrogen-bond donors (Lipinski definition) is 0. The molecule has 0 heterocycles. The zero-order valence-electron chi connectivity index (χ0n) is 43.5. The van der Waals surface area contributed by atoms with Gasteiger partial charge in [0.2, 0.25) is 0 Å². The number of hydrogen-bond acceptors (Lipinski definition) is 1. The van der Waals surface area contributed by atoms with E-state index in [1.54, 1.807) is 24.3 Å². The van der Waals surface area contributed by atoms with Crippen LogP contribution in [0.4, 0.5) is 17.1 Å². The van der Waals surface area contributed by atoms with Gasteiger partial charge < -0.3 is 4.90 Å². The second kappa shape index (κ2) is 15.9. The molecule has 10 aromatic rings. The average molecular weight is 800 g/mol. The van der Waals surface area contributed by atoms with Gasteiger partial charge in [-0.25, -0.2) is 0 Å². The fraction of sp³-hybridized carbons (Fsp3) is 0.0164. The van der Waals surface area contributed by atoms with Gasteiger partial charge in [-0.05, 0) is 120 Å². The molecule has 0 aliphatic heterocycles. The van der Waals surface area contributed by atoms with Gasteiger partial charge in [0.05, 0.1) is 19.1 Å². The zero-order chi connectivity index (χ0) is 50.0. The predicted molar refractivity (Wildman–Crippen MR) is 260 cm³/mol. The van der Waals surface area contributed by atoms with E-state index in [1.807, 2.05) is 41.3 Å². The molecule has 0 fully saturated rings. The summed E-state index contributed by atoms with van der Waals surface area (Å²) in [5, 5.41) is 0. The lowest BCUT2D eigenvalue weighted by Gasteiger charge is -2.34. The summed E-state index contributed by atoms with van der Waals surface area (Å²) in [5.41, 5.74) is 14.5. The van der Waals surface area contributed by atoms with Gasteiger partial charge in [-0.3, -0.25) is 0 Å². The van der Waals surface area contributed by atoms with E-state index in [0.717, 1.165) is 27.9 Å². The fourth-order valence-electron chi connectivity index (χ4n) is 9.07. The van der Waals surface area contributed by atoms with Crippen LogP contribution < -0.4 is 4.90 Å². The number of nitrogens with zero attached hydrogens (tertiary/aromatic N) is 1. The Balaban J connectivity index is 0.948. The highest BCUT2D eigenvalue weighted by Crippen LogP contribution is 2.56. The molecule has 0 saturated carbocycles. The lowest BCUT2D eigenvalue weighted by molar-refractivity contribution is 0.769. The Morgan fingerprint density at radius 2 is 0.645 bits per heavy atom. The Morgan fingerprint density at radius 3 is 1.11 bits per heavy atom. The van der Waals surface area contributed by atoms with Crippen molar-refractivity contribution < 1.29 is 13.7 Å². The Kier molecular flexibility index (Phi) is 7.09. The molecule has 10 aromatic carbocycles. The van der Waals surface area contributed by atoms with Crippen molar-refractivity contribution in [2.24, 2.45) is 0 Å². The van der Waals surface area contributed by atoms with Crippen molar-refractivity contribution >= 4 is 17.1 Å². The van der Waals surface area contributed by atoms with E-state index in [0.29, 0.717) is 22.5 Å². The van der Waals surface area contributed by atoms with Crippen LogP contribution in [0.25, 0.3) is 55.6 Å². The van der Waals surface area contributed by atoms with Gasteiger partial charge in [0, 0.05) is 17.1 Å². The van der Waals surface area contributed by atoms with Crippen LogP contribution in [0.1, 0.15) is 36.0 Å². The molecule has 11 rings (SSSR count). The molecule has 292 valence electrons. The summed E-state index contributed by atoms with van der Waals surface area (Å²) < 4.78 is 83.3. The summed E-state index contributed by atoms with van der Waals surface area (Å²) in [6, 6.07) is 64.4. The van der Waals surface area contributed by atoms with Crippen LogP contribution in [-0.2, 0) is 5.41 Å². The third-order valence-electron chi connectivity index (χ3n) is 12.0.